The minimum Gasteiger partial charge on any atom is -0.398 e. The number of benzene rings is 1. The molecule has 4 N–H and O–H groups in total. The van der Waals surface area contributed by atoms with Gasteiger partial charge in [0.1, 0.15) is 0 Å². The summed E-state index contributed by atoms with van der Waals surface area (Å²) >= 11 is 0. The van der Waals surface area contributed by atoms with Gasteiger partial charge in [-0.3, -0.25) is 0 Å². The molecule has 0 aliphatic carbocycles. The van der Waals surface area contributed by atoms with E-state index < -0.39 is 0 Å². The van der Waals surface area contributed by atoms with E-state index in [4.69, 9.17) is 11.1 Å². The van der Waals surface area contributed by atoms with Crippen molar-refractivity contribution < 1.29 is 0 Å². The highest BCUT2D eigenvalue weighted by molar-refractivity contribution is 5.89. The number of nitrogens with one attached hydrogen (secondary N) is 2. The Kier molecular flexibility index (Phi) is 3.92. The molecule has 20 heavy (non-hydrogen) atoms. The van der Waals surface area contributed by atoms with Crippen LogP contribution in [0.1, 0.15) is 42.7 Å². The molecule has 2 fully saturated rings. The summed E-state index contributed by atoms with van der Waals surface area (Å²) in [5, 5.41) is 11.1. The van der Waals surface area contributed by atoms with Gasteiger partial charge in [0.2, 0.25) is 0 Å². The number of nitrogen functional groups attached to an aromatic ring is 1. The Bertz CT molecular complexity index is 485. The van der Waals surface area contributed by atoms with Crippen LogP contribution in [0.4, 0.5) is 11.4 Å². The second kappa shape index (κ2) is 5.83. The molecule has 2 aliphatic rings. The van der Waals surface area contributed by atoms with Gasteiger partial charge in [-0.25, -0.2) is 0 Å². The average Bonchev–Trinajstić information content (AvgIpc) is 3.01. The lowest BCUT2D eigenvalue weighted by Crippen LogP contribution is -2.27. The summed E-state index contributed by atoms with van der Waals surface area (Å²) in [5.74, 6) is 0.540. The van der Waals surface area contributed by atoms with Crippen LogP contribution in [0.25, 0.3) is 0 Å². The zero-order valence-corrected chi connectivity index (χ0v) is 12.0. The molecule has 0 atom stereocenters. The third kappa shape index (κ3) is 2.52. The van der Waals surface area contributed by atoms with Gasteiger partial charge in [-0.1, -0.05) is 0 Å². The zero-order chi connectivity index (χ0) is 13.9. The summed E-state index contributed by atoms with van der Waals surface area (Å²) in [7, 11) is 0. The molecule has 0 amide bonds. The maximum absolute atomic E-state index is 7.69. The lowest BCUT2D eigenvalue weighted by Gasteiger charge is -2.27. The topological polar surface area (TPSA) is 65.1 Å². The Morgan fingerprint density at radius 2 is 1.90 bits per heavy atom. The summed E-state index contributed by atoms with van der Waals surface area (Å²) in [6, 6.07) is 4.34. The molecule has 0 unspecified atom stereocenters. The zero-order valence-electron chi connectivity index (χ0n) is 12.0. The maximum atomic E-state index is 7.69. The van der Waals surface area contributed by atoms with Gasteiger partial charge >= 0.3 is 0 Å². The number of hydrogen-bond donors (Lipinski definition) is 3. The largest absolute Gasteiger partial charge is 0.398 e. The summed E-state index contributed by atoms with van der Waals surface area (Å²) < 4.78 is 0. The Labute approximate surface area is 120 Å². The van der Waals surface area contributed by atoms with Crippen molar-refractivity contribution in [3.63, 3.8) is 0 Å². The molecule has 4 heteroatoms. The van der Waals surface area contributed by atoms with Gasteiger partial charge in [-0.2, -0.15) is 0 Å². The summed E-state index contributed by atoms with van der Waals surface area (Å²) in [5.41, 5.74) is 10.4. The van der Waals surface area contributed by atoms with Crippen molar-refractivity contribution in [3.8, 4) is 0 Å². The minimum absolute atomic E-state index is 0.540. The Hall–Kier alpha value is -1.55. The fraction of sp³-hybridized carbons (Fsp3) is 0.562. The molecular weight excluding hydrogens is 248 g/mol. The highest BCUT2D eigenvalue weighted by atomic mass is 15.1. The summed E-state index contributed by atoms with van der Waals surface area (Å²) in [6.45, 7) is 4.40. The Morgan fingerprint density at radius 1 is 1.20 bits per heavy atom. The molecular formula is C16H24N4. The standard InChI is InChI=1S/C16H24N4/c17-11-15-14(12-3-5-19-6-4-12)9-13(10-16(15)18)20-7-1-2-8-20/h9-12,17,19H,1-8,18H2. The first-order valence-corrected chi connectivity index (χ1v) is 7.69. The van der Waals surface area contributed by atoms with E-state index in [2.05, 4.69) is 22.3 Å². The van der Waals surface area contributed by atoms with Gasteiger partial charge in [-0.05, 0) is 62.4 Å². The first-order valence-electron chi connectivity index (χ1n) is 7.69. The number of anilines is 2. The van der Waals surface area contributed by atoms with Crippen molar-refractivity contribution in [1.29, 1.82) is 5.41 Å². The van der Waals surface area contributed by atoms with Gasteiger partial charge in [-0.15, -0.1) is 0 Å². The van der Waals surface area contributed by atoms with Crippen molar-refractivity contribution in [2.24, 2.45) is 0 Å². The molecule has 2 aliphatic heterocycles. The van der Waals surface area contributed by atoms with Crippen molar-refractivity contribution in [3.05, 3.63) is 23.3 Å². The highest BCUT2D eigenvalue weighted by Crippen LogP contribution is 2.34. The van der Waals surface area contributed by atoms with Crippen LogP contribution in [0.5, 0.6) is 0 Å². The predicted molar refractivity (Wildman–Crippen MR) is 85.0 cm³/mol. The van der Waals surface area contributed by atoms with Crippen molar-refractivity contribution in [2.75, 3.05) is 36.8 Å². The normalized spacial score (nSPS) is 20.3. The van der Waals surface area contributed by atoms with E-state index in [-0.39, 0.29) is 0 Å². The molecule has 2 saturated heterocycles. The minimum atomic E-state index is 0.540. The molecule has 4 nitrogen and oxygen atoms in total. The Morgan fingerprint density at radius 3 is 2.55 bits per heavy atom. The van der Waals surface area contributed by atoms with Crippen LogP contribution >= 0.6 is 0 Å². The number of nitrogens with zero attached hydrogens (tertiary/aromatic N) is 1. The molecule has 0 saturated carbocycles. The number of hydrogen-bond acceptors (Lipinski definition) is 4. The maximum Gasteiger partial charge on any atom is 0.0426 e. The van der Waals surface area contributed by atoms with Crippen LogP contribution in [0.2, 0.25) is 0 Å². The average molecular weight is 272 g/mol. The third-order valence-corrected chi connectivity index (χ3v) is 4.62. The summed E-state index contributed by atoms with van der Waals surface area (Å²) in [6.07, 6.45) is 6.26. The molecule has 0 aromatic heterocycles. The van der Waals surface area contributed by atoms with Gasteiger partial charge in [0, 0.05) is 36.2 Å². The lowest BCUT2D eigenvalue weighted by atomic mass is 9.86. The number of rotatable bonds is 3. The van der Waals surface area contributed by atoms with E-state index in [0.717, 1.165) is 50.3 Å². The van der Waals surface area contributed by atoms with E-state index in [1.165, 1.54) is 30.3 Å². The van der Waals surface area contributed by atoms with Crippen LogP contribution in [0.15, 0.2) is 12.1 Å². The molecule has 108 valence electrons. The first-order chi connectivity index (χ1) is 9.79. The Balaban J connectivity index is 1.97. The van der Waals surface area contributed by atoms with E-state index in [1.54, 1.807) is 0 Å². The number of piperidine rings is 1. The molecule has 0 radical (unpaired) electrons. The van der Waals surface area contributed by atoms with Gasteiger partial charge in [0.25, 0.3) is 0 Å². The molecule has 0 spiro atoms. The lowest BCUT2D eigenvalue weighted by molar-refractivity contribution is 0.460. The second-order valence-corrected chi connectivity index (χ2v) is 5.90. The van der Waals surface area contributed by atoms with E-state index >= 15 is 0 Å². The van der Waals surface area contributed by atoms with Gasteiger partial charge in [0.05, 0.1) is 0 Å². The van der Waals surface area contributed by atoms with Crippen molar-refractivity contribution in [1.82, 2.24) is 5.32 Å². The quantitative estimate of drug-likeness (QED) is 0.584. The monoisotopic (exact) mass is 272 g/mol. The van der Waals surface area contributed by atoms with E-state index in [1.807, 2.05) is 0 Å². The molecule has 3 rings (SSSR count). The van der Waals surface area contributed by atoms with Crippen LogP contribution < -0.4 is 16.0 Å². The third-order valence-electron chi connectivity index (χ3n) is 4.62. The molecule has 2 heterocycles. The SMILES string of the molecule is N=Cc1c(N)cc(N2CCCC2)cc1C1CCNCC1. The predicted octanol–water partition coefficient (Wildman–Crippen LogP) is 2.33. The first kappa shape index (κ1) is 13.4. The molecule has 0 bridgehead atoms. The van der Waals surface area contributed by atoms with Crippen molar-refractivity contribution >= 4 is 17.6 Å². The van der Waals surface area contributed by atoms with Gasteiger partial charge in [0.15, 0.2) is 0 Å². The van der Waals surface area contributed by atoms with Crippen LogP contribution in [0.3, 0.4) is 0 Å². The summed E-state index contributed by atoms with van der Waals surface area (Å²) in [4.78, 5) is 2.43. The van der Waals surface area contributed by atoms with Crippen LogP contribution in [-0.4, -0.2) is 32.4 Å². The highest BCUT2D eigenvalue weighted by Gasteiger charge is 2.22. The van der Waals surface area contributed by atoms with E-state index in [0.29, 0.717) is 5.92 Å². The number of nitrogens with two attached hydrogens (primary N) is 1. The van der Waals surface area contributed by atoms with Gasteiger partial charge < -0.3 is 21.4 Å². The fourth-order valence-electron chi connectivity index (χ4n) is 3.48. The van der Waals surface area contributed by atoms with E-state index in [9.17, 15) is 0 Å². The smallest absolute Gasteiger partial charge is 0.0426 e. The molecule has 1 aromatic rings. The van der Waals surface area contributed by atoms with Crippen molar-refractivity contribution in [2.45, 2.75) is 31.6 Å². The van der Waals surface area contributed by atoms with Crippen LogP contribution in [0, 0.1) is 5.41 Å². The molecule has 1 aromatic carbocycles. The second-order valence-electron chi connectivity index (χ2n) is 5.90. The van der Waals surface area contributed by atoms with Crippen LogP contribution in [-0.2, 0) is 0 Å². The fourth-order valence-corrected chi connectivity index (χ4v) is 3.48.